The minimum atomic E-state index is 0. The number of pyridine rings is 1. The molecule has 1 N–H and O–H groups in total. The van der Waals surface area contributed by atoms with Crippen LogP contribution in [0.25, 0.3) is 10.9 Å². The van der Waals surface area contributed by atoms with Crippen molar-refractivity contribution in [1.29, 1.82) is 0 Å². The number of amidine groups is 1. The first-order valence-electron chi connectivity index (χ1n) is 14.0. The Hall–Kier alpha value is -3.17. The van der Waals surface area contributed by atoms with Crippen LogP contribution in [0.4, 0.5) is 5.69 Å². The van der Waals surface area contributed by atoms with Gasteiger partial charge in [-0.2, -0.15) is 0 Å². The first-order valence-corrected chi connectivity index (χ1v) is 14.0. The van der Waals surface area contributed by atoms with E-state index < -0.39 is 0 Å². The van der Waals surface area contributed by atoms with Crippen LogP contribution in [-0.4, -0.2) is 28.0 Å². The maximum Gasteiger partial charge on any atom is 0.217 e. The van der Waals surface area contributed by atoms with Gasteiger partial charge in [-0.25, -0.2) is 4.98 Å². The van der Waals surface area contributed by atoms with Gasteiger partial charge in [0.25, 0.3) is 0 Å². The summed E-state index contributed by atoms with van der Waals surface area (Å²) in [5, 5.41) is 11.1. The summed E-state index contributed by atoms with van der Waals surface area (Å²) in [5.74, 6) is 2.08. The third-order valence-corrected chi connectivity index (χ3v) is 8.33. The number of aromatic nitrogens is 1. The molecule has 2 aliphatic rings. The van der Waals surface area contributed by atoms with Crippen LogP contribution in [-0.2, 0) is 21.1 Å². The zero-order valence-electron chi connectivity index (χ0n) is 23.8. The molecule has 0 saturated heterocycles. The fourth-order valence-electron chi connectivity index (χ4n) is 6.59. The van der Waals surface area contributed by atoms with Crippen molar-refractivity contribution in [1.82, 2.24) is 4.98 Å². The van der Waals surface area contributed by atoms with Crippen molar-refractivity contribution in [2.24, 2.45) is 10.4 Å². The molecule has 1 fully saturated rings. The van der Waals surface area contributed by atoms with E-state index >= 15 is 0 Å². The largest absolute Gasteiger partial charge is 0.506 e. The van der Waals surface area contributed by atoms with Gasteiger partial charge in [-0.3, -0.25) is 0 Å². The van der Waals surface area contributed by atoms with Crippen LogP contribution in [0.3, 0.4) is 0 Å². The maximum absolute atomic E-state index is 10.3. The smallest absolute Gasteiger partial charge is 0.217 e. The van der Waals surface area contributed by atoms with E-state index in [1.807, 2.05) is 36.4 Å². The second-order valence-corrected chi connectivity index (χ2v) is 11.8. The zero-order chi connectivity index (χ0) is 27.3. The number of aromatic hydroxyl groups is 1. The molecule has 6 heteroatoms. The average molecular weight is 714 g/mol. The van der Waals surface area contributed by atoms with Gasteiger partial charge >= 0.3 is 0 Å². The molecule has 1 aromatic heterocycles. The van der Waals surface area contributed by atoms with E-state index in [1.54, 1.807) is 6.07 Å². The molecular formula is C34H36N3O2Pt-. The van der Waals surface area contributed by atoms with Gasteiger partial charge in [0.1, 0.15) is 11.3 Å². The molecule has 40 heavy (non-hydrogen) atoms. The predicted octanol–water partition coefficient (Wildman–Crippen LogP) is 8.06. The molecule has 0 bridgehead atoms. The second-order valence-electron chi connectivity index (χ2n) is 11.8. The predicted molar refractivity (Wildman–Crippen MR) is 158 cm³/mol. The number of rotatable bonds is 4. The molecule has 0 spiro atoms. The summed E-state index contributed by atoms with van der Waals surface area (Å²) >= 11 is 0. The van der Waals surface area contributed by atoms with Gasteiger partial charge in [0.05, 0.1) is 11.9 Å². The Morgan fingerprint density at radius 2 is 1.73 bits per heavy atom. The van der Waals surface area contributed by atoms with Crippen molar-refractivity contribution in [2.45, 2.75) is 72.4 Å². The number of fused-ring (bicyclic) bond motifs is 2. The van der Waals surface area contributed by atoms with Crippen LogP contribution >= 0.6 is 0 Å². The third-order valence-electron chi connectivity index (χ3n) is 8.33. The summed E-state index contributed by atoms with van der Waals surface area (Å²) in [6.07, 6.45) is 4.75. The number of aliphatic imine (C=N–C) groups is 1. The van der Waals surface area contributed by atoms with Gasteiger partial charge in [-0.1, -0.05) is 62.6 Å². The Labute approximate surface area is 251 Å². The molecule has 3 aromatic carbocycles. The van der Waals surface area contributed by atoms with Crippen molar-refractivity contribution >= 4 is 22.4 Å². The Balaban J connectivity index is 0.00000323. The van der Waals surface area contributed by atoms with Crippen LogP contribution in [0.5, 0.6) is 17.4 Å². The van der Waals surface area contributed by atoms with Gasteiger partial charge in [-0.05, 0) is 62.3 Å². The van der Waals surface area contributed by atoms with Crippen LogP contribution in [0, 0.1) is 32.3 Å². The summed E-state index contributed by atoms with van der Waals surface area (Å²) in [6.45, 7) is 11.3. The number of benzene rings is 3. The van der Waals surface area contributed by atoms with Gasteiger partial charge in [0.15, 0.2) is 0 Å². The number of para-hydroxylation sites is 1. The van der Waals surface area contributed by atoms with Gasteiger partial charge in [0, 0.05) is 50.0 Å². The minimum absolute atomic E-state index is 0. The molecule has 0 amide bonds. The zero-order valence-corrected chi connectivity index (χ0v) is 26.0. The maximum atomic E-state index is 10.3. The number of hydrogen-bond acceptors (Lipinski definition) is 5. The molecule has 1 saturated carbocycles. The van der Waals surface area contributed by atoms with Crippen LogP contribution < -0.4 is 9.64 Å². The van der Waals surface area contributed by atoms with E-state index in [0.717, 1.165) is 23.2 Å². The van der Waals surface area contributed by atoms with Gasteiger partial charge in [0.2, 0.25) is 5.88 Å². The van der Waals surface area contributed by atoms with Gasteiger partial charge in [-0.15, -0.1) is 23.8 Å². The minimum Gasteiger partial charge on any atom is -0.506 e. The molecule has 0 unspecified atom stereocenters. The first kappa shape index (κ1) is 28.4. The number of phenolic OH excluding ortho intramolecular Hbond substituents is 1. The number of anilines is 1. The Morgan fingerprint density at radius 1 is 0.975 bits per heavy atom. The quantitative estimate of drug-likeness (QED) is 0.218. The van der Waals surface area contributed by atoms with Gasteiger partial charge < -0.3 is 19.7 Å². The number of nitrogens with zero attached hydrogens (tertiary/aromatic N) is 3. The molecule has 5 nitrogen and oxygen atoms in total. The molecule has 2 atom stereocenters. The molecule has 4 aromatic rings. The molecule has 6 rings (SSSR count). The summed E-state index contributed by atoms with van der Waals surface area (Å²) in [6, 6.07) is 23.6. The summed E-state index contributed by atoms with van der Waals surface area (Å²) in [7, 11) is 0. The fourth-order valence-corrected chi connectivity index (χ4v) is 6.59. The Morgan fingerprint density at radius 3 is 2.50 bits per heavy atom. The van der Waals surface area contributed by atoms with Crippen LogP contribution in [0.2, 0.25) is 0 Å². The molecule has 2 heterocycles. The summed E-state index contributed by atoms with van der Waals surface area (Å²) < 4.78 is 6.17. The standard InChI is InChI=1S/C34H36N3O2.Pt/c1-21-18-22(2)31(23(3)19-21)37-27-13-6-7-17-34(4,5)32(27)36-33(37)25-11-8-12-26(20-25)39-29-16-15-24-10-9-14-28(38)30(24)35-29;/h8-12,14-16,18-19,27,32,38H,6-7,13,17H2,1-5H3;/q-1;/t27-,32+;/m0./s1. The van der Waals surface area contributed by atoms with E-state index in [4.69, 9.17) is 9.73 Å². The monoisotopic (exact) mass is 713 g/mol. The van der Waals surface area contributed by atoms with E-state index in [1.165, 1.54) is 41.6 Å². The molecule has 1 aliphatic carbocycles. The summed E-state index contributed by atoms with van der Waals surface area (Å²) in [4.78, 5) is 12.5. The fraction of sp³-hybridized carbons (Fsp3) is 0.353. The topological polar surface area (TPSA) is 58.0 Å². The SMILES string of the molecule is Cc1cc(C)c(N2C(c3[c-]c(Oc4ccc5cccc(O)c5n4)ccc3)=N[C@@H]3[C@@H]2CCCCC3(C)C)c(C)c1.[Pt]. The van der Waals surface area contributed by atoms with Crippen molar-refractivity contribution in [2.75, 3.05) is 4.90 Å². The van der Waals surface area contributed by atoms with E-state index in [-0.39, 0.29) is 38.3 Å². The van der Waals surface area contributed by atoms with Crippen molar-refractivity contribution < 1.29 is 30.9 Å². The molecule has 1 aliphatic heterocycles. The van der Waals surface area contributed by atoms with E-state index in [0.29, 0.717) is 23.2 Å². The first-order chi connectivity index (χ1) is 18.7. The van der Waals surface area contributed by atoms with Crippen molar-refractivity contribution in [3.63, 3.8) is 0 Å². The molecular weight excluding hydrogens is 677 g/mol. The number of ether oxygens (including phenoxy) is 1. The normalized spacial score (nSPS) is 19.9. The number of aryl methyl sites for hydroxylation is 3. The van der Waals surface area contributed by atoms with Crippen molar-refractivity contribution in [3.8, 4) is 17.4 Å². The third kappa shape index (κ3) is 5.17. The number of hydrogen-bond donors (Lipinski definition) is 1. The van der Waals surface area contributed by atoms with Crippen LogP contribution in [0.1, 0.15) is 61.8 Å². The summed E-state index contributed by atoms with van der Waals surface area (Å²) in [5.41, 5.74) is 6.63. The average Bonchev–Trinajstić information content (AvgIpc) is 3.19. The Kier molecular flexibility index (Phi) is 7.81. The Bertz CT molecular complexity index is 1570. The van der Waals surface area contributed by atoms with Crippen molar-refractivity contribution in [3.05, 3.63) is 89.0 Å². The van der Waals surface area contributed by atoms with E-state index in [2.05, 4.69) is 68.8 Å². The van der Waals surface area contributed by atoms with E-state index in [9.17, 15) is 5.11 Å². The van der Waals surface area contributed by atoms with Crippen LogP contribution in [0.15, 0.2) is 65.7 Å². The molecule has 0 radical (unpaired) electrons. The molecule has 210 valence electrons. The second kappa shape index (κ2) is 11.0. The number of phenols is 1.